The van der Waals surface area contributed by atoms with Crippen molar-refractivity contribution < 1.29 is 4.79 Å². The maximum atomic E-state index is 12.6. The molecule has 0 spiro atoms. The average Bonchev–Trinajstić information content (AvgIpc) is 2.83. The molecule has 1 N–H and O–H groups in total. The Kier molecular flexibility index (Phi) is 4.81. The van der Waals surface area contributed by atoms with Crippen LogP contribution in [-0.4, -0.2) is 22.9 Å². The highest BCUT2D eigenvalue weighted by molar-refractivity contribution is 5.84. The summed E-state index contributed by atoms with van der Waals surface area (Å²) < 4.78 is 0. The van der Waals surface area contributed by atoms with Crippen molar-refractivity contribution in [2.24, 2.45) is 5.92 Å². The molecular formula is C17H26N2O. The summed E-state index contributed by atoms with van der Waals surface area (Å²) in [5.41, 5.74) is 1.17. The first-order chi connectivity index (χ1) is 9.60. The van der Waals surface area contributed by atoms with Gasteiger partial charge in [0.1, 0.15) is 6.17 Å². The van der Waals surface area contributed by atoms with E-state index < -0.39 is 0 Å². The van der Waals surface area contributed by atoms with Gasteiger partial charge in [-0.1, -0.05) is 57.5 Å². The van der Waals surface area contributed by atoms with Crippen molar-refractivity contribution in [3.63, 3.8) is 0 Å². The normalized spacial score (nSPS) is 25.8. The molecule has 0 aliphatic carbocycles. The zero-order valence-corrected chi connectivity index (χ0v) is 13.0. The van der Waals surface area contributed by atoms with Crippen molar-refractivity contribution in [1.29, 1.82) is 0 Å². The predicted molar refractivity (Wildman–Crippen MR) is 82.2 cm³/mol. The fraction of sp³-hybridized carbons (Fsp3) is 0.588. The van der Waals surface area contributed by atoms with Gasteiger partial charge < -0.3 is 4.90 Å². The molecule has 1 aliphatic rings. The van der Waals surface area contributed by atoms with Crippen LogP contribution in [0, 0.1) is 5.92 Å². The van der Waals surface area contributed by atoms with Gasteiger partial charge in [-0.25, -0.2) is 0 Å². The highest BCUT2D eigenvalue weighted by Crippen LogP contribution is 2.31. The van der Waals surface area contributed by atoms with Crippen LogP contribution in [0.5, 0.6) is 0 Å². The standard InChI is InChI=1S/C17H26N2O/c1-5-12(3)13(4)19-16(14-10-8-7-9-11-14)18-15(6-2)17(19)20/h7-13,15-16,18H,5-6H2,1-4H3. The minimum atomic E-state index is -0.0493. The number of benzene rings is 1. The minimum absolute atomic E-state index is 0.0117. The first-order valence-electron chi connectivity index (χ1n) is 7.73. The van der Waals surface area contributed by atoms with Gasteiger partial charge in [0.05, 0.1) is 6.04 Å². The Balaban J connectivity index is 2.31. The molecule has 110 valence electrons. The molecule has 1 heterocycles. The first kappa shape index (κ1) is 15.0. The quantitative estimate of drug-likeness (QED) is 0.893. The number of hydrogen-bond acceptors (Lipinski definition) is 2. The van der Waals surface area contributed by atoms with E-state index in [2.05, 4.69) is 50.0 Å². The second-order valence-corrected chi connectivity index (χ2v) is 5.81. The molecule has 0 bridgehead atoms. The lowest BCUT2D eigenvalue weighted by molar-refractivity contribution is -0.133. The number of amides is 1. The van der Waals surface area contributed by atoms with E-state index >= 15 is 0 Å². The summed E-state index contributed by atoms with van der Waals surface area (Å²) in [4.78, 5) is 14.7. The van der Waals surface area contributed by atoms with E-state index in [0.717, 1.165) is 12.8 Å². The molecule has 1 fully saturated rings. The molecule has 0 radical (unpaired) electrons. The van der Waals surface area contributed by atoms with Crippen molar-refractivity contribution in [2.75, 3.05) is 0 Å². The second kappa shape index (κ2) is 6.40. The Bertz CT molecular complexity index is 446. The number of carbonyl (C=O) groups excluding carboxylic acids is 1. The number of hydrogen-bond donors (Lipinski definition) is 1. The molecule has 2 rings (SSSR count). The van der Waals surface area contributed by atoms with E-state index in [4.69, 9.17) is 0 Å². The third kappa shape index (κ3) is 2.73. The van der Waals surface area contributed by atoms with E-state index in [1.54, 1.807) is 0 Å². The van der Waals surface area contributed by atoms with Gasteiger partial charge in [-0.3, -0.25) is 10.1 Å². The Hall–Kier alpha value is -1.35. The molecule has 0 aromatic heterocycles. The maximum absolute atomic E-state index is 12.6. The van der Waals surface area contributed by atoms with Gasteiger partial charge in [-0.2, -0.15) is 0 Å². The highest BCUT2D eigenvalue weighted by Gasteiger charge is 2.41. The maximum Gasteiger partial charge on any atom is 0.241 e. The van der Waals surface area contributed by atoms with E-state index in [-0.39, 0.29) is 24.2 Å². The Morgan fingerprint density at radius 1 is 1.20 bits per heavy atom. The smallest absolute Gasteiger partial charge is 0.241 e. The Labute approximate surface area is 122 Å². The number of nitrogens with zero attached hydrogens (tertiary/aromatic N) is 1. The van der Waals surface area contributed by atoms with Crippen molar-refractivity contribution in [2.45, 2.75) is 58.8 Å². The summed E-state index contributed by atoms with van der Waals surface area (Å²) in [6.07, 6.45) is 1.94. The number of nitrogens with one attached hydrogen (secondary N) is 1. The van der Waals surface area contributed by atoms with Crippen molar-refractivity contribution >= 4 is 5.91 Å². The van der Waals surface area contributed by atoms with Crippen LogP contribution in [0.2, 0.25) is 0 Å². The van der Waals surface area contributed by atoms with Crippen LogP contribution in [0.25, 0.3) is 0 Å². The average molecular weight is 274 g/mol. The predicted octanol–water partition coefficient (Wildman–Crippen LogP) is 3.33. The summed E-state index contributed by atoms with van der Waals surface area (Å²) in [5, 5.41) is 3.49. The van der Waals surface area contributed by atoms with E-state index in [0.29, 0.717) is 5.92 Å². The molecule has 1 amide bonds. The fourth-order valence-corrected chi connectivity index (χ4v) is 2.89. The van der Waals surface area contributed by atoms with Crippen molar-refractivity contribution in [3.05, 3.63) is 35.9 Å². The van der Waals surface area contributed by atoms with E-state index in [1.807, 2.05) is 18.2 Å². The second-order valence-electron chi connectivity index (χ2n) is 5.81. The van der Waals surface area contributed by atoms with Gasteiger partial charge in [0, 0.05) is 6.04 Å². The third-order valence-electron chi connectivity index (χ3n) is 4.62. The molecule has 4 atom stereocenters. The molecule has 1 aliphatic heterocycles. The summed E-state index contributed by atoms with van der Waals surface area (Å²) >= 11 is 0. The van der Waals surface area contributed by atoms with Gasteiger partial charge in [-0.15, -0.1) is 0 Å². The van der Waals surface area contributed by atoms with Crippen LogP contribution in [0.1, 0.15) is 52.3 Å². The van der Waals surface area contributed by atoms with Crippen LogP contribution in [0.4, 0.5) is 0 Å². The van der Waals surface area contributed by atoms with Crippen LogP contribution in [0.3, 0.4) is 0 Å². The fourth-order valence-electron chi connectivity index (χ4n) is 2.89. The van der Waals surface area contributed by atoms with Crippen molar-refractivity contribution in [1.82, 2.24) is 10.2 Å². The largest absolute Gasteiger partial charge is 0.319 e. The zero-order valence-electron chi connectivity index (χ0n) is 13.0. The van der Waals surface area contributed by atoms with Crippen LogP contribution in [-0.2, 0) is 4.79 Å². The SMILES string of the molecule is CCC1NC(c2ccccc2)N(C(C)C(C)CC)C1=O. The number of carbonyl (C=O) groups is 1. The van der Waals surface area contributed by atoms with E-state index in [1.165, 1.54) is 5.56 Å². The molecular weight excluding hydrogens is 248 g/mol. The highest BCUT2D eigenvalue weighted by atomic mass is 16.2. The van der Waals surface area contributed by atoms with Crippen LogP contribution >= 0.6 is 0 Å². The molecule has 3 heteroatoms. The third-order valence-corrected chi connectivity index (χ3v) is 4.62. The zero-order chi connectivity index (χ0) is 14.7. The first-order valence-corrected chi connectivity index (χ1v) is 7.73. The monoisotopic (exact) mass is 274 g/mol. The minimum Gasteiger partial charge on any atom is -0.319 e. The van der Waals surface area contributed by atoms with Crippen LogP contribution in [0.15, 0.2) is 30.3 Å². The van der Waals surface area contributed by atoms with Crippen LogP contribution < -0.4 is 5.32 Å². The molecule has 20 heavy (non-hydrogen) atoms. The Morgan fingerprint density at radius 3 is 2.40 bits per heavy atom. The van der Waals surface area contributed by atoms with Gasteiger partial charge in [-0.05, 0) is 24.8 Å². The molecule has 3 nitrogen and oxygen atoms in total. The molecule has 4 unspecified atom stereocenters. The van der Waals surface area contributed by atoms with E-state index in [9.17, 15) is 4.79 Å². The van der Waals surface area contributed by atoms with Gasteiger partial charge in [0.15, 0.2) is 0 Å². The van der Waals surface area contributed by atoms with Gasteiger partial charge in [0.2, 0.25) is 5.91 Å². The van der Waals surface area contributed by atoms with Crippen molar-refractivity contribution in [3.8, 4) is 0 Å². The lowest BCUT2D eigenvalue weighted by atomic mass is 9.98. The number of rotatable bonds is 5. The lowest BCUT2D eigenvalue weighted by Gasteiger charge is -2.34. The molecule has 1 aromatic rings. The summed E-state index contributed by atoms with van der Waals surface area (Å²) in [6.45, 7) is 8.64. The summed E-state index contributed by atoms with van der Waals surface area (Å²) in [5.74, 6) is 0.747. The topological polar surface area (TPSA) is 32.3 Å². The van der Waals surface area contributed by atoms with Gasteiger partial charge >= 0.3 is 0 Å². The molecule has 1 aromatic carbocycles. The Morgan fingerprint density at radius 2 is 1.85 bits per heavy atom. The van der Waals surface area contributed by atoms with Gasteiger partial charge in [0.25, 0.3) is 0 Å². The molecule has 1 saturated heterocycles. The summed E-state index contributed by atoms with van der Waals surface area (Å²) in [7, 11) is 0. The summed E-state index contributed by atoms with van der Waals surface area (Å²) in [6, 6.07) is 10.5. The molecule has 0 saturated carbocycles. The lowest BCUT2D eigenvalue weighted by Crippen LogP contribution is -2.41.